The predicted molar refractivity (Wildman–Crippen MR) is 81.7 cm³/mol. The van der Waals surface area contributed by atoms with Gasteiger partial charge in [-0.05, 0) is 48.4 Å². The third-order valence-electron chi connectivity index (χ3n) is 4.63. The second-order valence-corrected chi connectivity index (χ2v) is 7.12. The van der Waals surface area contributed by atoms with E-state index in [1.54, 1.807) is 0 Å². The van der Waals surface area contributed by atoms with Crippen LogP contribution in [0.3, 0.4) is 0 Å². The molecule has 3 N–H and O–H groups in total. The molecule has 1 aliphatic rings. The highest BCUT2D eigenvalue weighted by Crippen LogP contribution is 2.51. The number of fused-ring (bicyclic) bond motifs is 1. The van der Waals surface area contributed by atoms with Crippen molar-refractivity contribution in [3.8, 4) is 0 Å². The summed E-state index contributed by atoms with van der Waals surface area (Å²) in [6, 6.07) is 6.83. The average molecular weight is 256 g/mol. The lowest BCUT2D eigenvalue weighted by Gasteiger charge is -2.20. The second-order valence-electron chi connectivity index (χ2n) is 7.12. The van der Waals surface area contributed by atoms with Crippen molar-refractivity contribution in [2.24, 2.45) is 5.73 Å². The number of aromatic amines is 1. The van der Waals surface area contributed by atoms with Crippen LogP contribution in [0.1, 0.15) is 50.4 Å². The molecule has 0 bridgehead atoms. The Bertz CT molecular complexity index is 624. The summed E-state index contributed by atoms with van der Waals surface area (Å²) >= 11 is 0. The lowest BCUT2D eigenvalue weighted by Crippen LogP contribution is -2.20. The first-order valence-electron chi connectivity index (χ1n) is 7.21. The maximum absolute atomic E-state index is 6.03. The summed E-state index contributed by atoms with van der Waals surface area (Å²) in [6.07, 6.45) is 2.47. The minimum Gasteiger partial charge on any atom is -0.358 e. The van der Waals surface area contributed by atoms with E-state index in [4.69, 9.17) is 5.73 Å². The summed E-state index contributed by atoms with van der Waals surface area (Å²) in [6.45, 7) is 9.75. The average Bonchev–Trinajstić information content (AvgIpc) is 3.04. The Hall–Kier alpha value is -1.28. The van der Waals surface area contributed by atoms with Crippen LogP contribution in [0.15, 0.2) is 18.2 Å². The summed E-state index contributed by atoms with van der Waals surface area (Å²) in [5, 5.41) is 1.38. The quantitative estimate of drug-likeness (QED) is 0.844. The van der Waals surface area contributed by atoms with Crippen molar-refractivity contribution in [1.82, 2.24) is 4.98 Å². The molecule has 1 saturated carbocycles. The third-order valence-corrected chi connectivity index (χ3v) is 4.63. The molecule has 1 fully saturated rings. The van der Waals surface area contributed by atoms with E-state index in [-0.39, 0.29) is 10.8 Å². The van der Waals surface area contributed by atoms with Crippen molar-refractivity contribution in [2.45, 2.75) is 51.4 Å². The molecule has 1 heterocycles. The molecule has 0 aliphatic heterocycles. The predicted octanol–water partition coefficient (Wildman–Crippen LogP) is 3.76. The standard InChI is InChI=1S/C17H24N2/c1-11-15(17(10-18)7-8-17)13-9-12(16(2,3)4)5-6-14(13)19-11/h5-6,9,19H,7-8,10,18H2,1-4H3. The fourth-order valence-corrected chi connectivity index (χ4v) is 3.18. The van der Waals surface area contributed by atoms with Crippen LogP contribution in [0.5, 0.6) is 0 Å². The van der Waals surface area contributed by atoms with Crippen LogP contribution in [0.25, 0.3) is 10.9 Å². The fraction of sp³-hybridized carbons (Fsp3) is 0.529. The molecule has 1 aromatic heterocycles. The topological polar surface area (TPSA) is 41.8 Å². The van der Waals surface area contributed by atoms with Crippen LogP contribution < -0.4 is 5.73 Å². The molecule has 1 aliphatic carbocycles. The van der Waals surface area contributed by atoms with Gasteiger partial charge in [0.25, 0.3) is 0 Å². The molecule has 0 unspecified atom stereocenters. The number of H-pyrrole nitrogens is 1. The number of benzene rings is 1. The van der Waals surface area contributed by atoms with Crippen molar-refractivity contribution >= 4 is 10.9 Å². The highest BCUT2D eigenvalue weighted by molar-refractivity contribution is 5.87. The second kappa shape index (κ2) is 3.86. The number of hydrogen-bond acceptors (Lipinski definition) is 1. The minimum absolute atomic E-state index is 0.191. The van der Waals surface area contributed by atoms with E-state index >= 15 is 0 Å². The van der Waals surface area contributed by atoms with Gasteiger partial charge in [0.1, 0.15) is 0 Å². The highest BCUT2D eigenvalue weighted by atomic mass is 14.8. The van der Waals surface area contributed by atoms with Crippen LogP contribution in [-0.2, 0) is 10.8 Å². The molecule has 19 heavy (non-hydrogen) atoms. The Balaban J connectivity index is 2.24. The van der Waals surface area contributed by atoms with E-state index in [0.717, 1.165) is 6.54 Å². The van der Waals surface area contributed by atoms with Gasteiger partial charge in [0, 0.05) is 28.6 Å². The van der Waals surface area contributed by atoms with Gasteiger partial charge in [0.2, 0.25) is 0 Å². The number of aromatic nitrogens is 1. The largest absolute Gasteiger partial charge is 0.358 e. The normalized spacial score (nSPS) is 17.9. The van der Waals surface area contributed by atoms with Crippen molar-refractivity contribution in [3.63, 3.8) is 0 Å². The highest BCUT2D eigenvalue weighted by Gasteiger charge is 2.45. The Kier molecular flexibility index (Phi) is 2.59. The van der Waals surface area contributed by atoms with E-state index < -0.39 is 0 Å². The van der Waals surface area contributed by atoms with E-state index in [2.05, 4.69) is 50.9 Å². The SMILES string of the molecule is Cc1[nH]c2ccc(C(C)(C)C)cc2c1C1(CN)CC1. The molecular formula is C17H24N2. The lowest BCUT2D eigenvalue weighted by molar-refractivity contribution is 0.591. The fourth-order valence-electron chi connectivity index (χ4n) is 3.18. The van der Waals surface area contributed by atoms with Gasteiger partial charge in [0.15, 0.2) is 0 Å². The van der Waals surface area contributed by atoms with Gasteiger partial charge >= 0.3 is 0 Å². The van der Waals surface area contributed by atoms with Crippen molar-refractivity contribution in [3.05, 3.63) is 35.0 Å². The number of hydrogen-bond donors (Lipinski definition) is 2. The van der Waals surface area contributed by atoms with Gasteiger partial charge in [-0.2, -0.15) is 0 Å². The molecule has 0 atom stereocenters. The van der Waals surface area contributed by atoms with E-state index in [9.17, 15) is 0 Å². The molecule has 102 valence electrons. The van der Waals surface area contributed by atoms with Gasteiger partial charge in [0.05, 0.1) is 0 Å². The Morgan fingerprint density at radius 1 is 1.26 bits per heavy atom. The van der Waals surface area contributed by atoms with Gasteiger partial charge in [-0.3, -0.25) is 0 Å². The Labute approximate surface area is 115 Å². The Morgan fingerprint density at radius 2 is 1.95 bits per heavy atom. The molecule has 0 spiro atoms. The number of nitrogens with one attached hydrogen (secondary N) is 1. The first-order valence-corrected chi connectivity index (χ1v) is 7.21. The van der Waals surface area contributed by atoms with Crippen LogP contribution in [-0.4, -0.2) is 11.5 Å². The summed E-state index contributed by atoms with van der Waals surface area (Å²) in [4.78, 5) is 3.53. The monoisotopic (exact) mass is 256 g/mol. The maximum atomic E-state index is 6.03. The zero-order chi connectivity index (χ0) is 13.8. The van der Waals surface area contributed by atoms with Crippen molar-refractivity contribution in [1.29, 1.82) is 0 Å². The summed E-state index contributed by atoms with van der Waals surface area (Å²) < 4.78 is 0. The van der Waals surface area contributed by atoms with E-state index in [0.29, 0.717) is 0 Å². The molecule has 2 aromatic rings. The van der Waals surface area contributed by atoms with Crippen LogP contribution in [0, 0.1) is 6.92 Å². The first-order chi connectivity index (χ1) is 8.87. The van der Waals surface area contributed by atoms with Crippen LogP contribution in [0.4, 0.5) is 0 Å². The molecule has 0 amide bonds. The number of rotatable bonds is 2. The third kappa shape index (κ3) is 1.90. The molecule has 1 aromatic carbocycles. The van der Waals surface area contributed by atoms with Crippen molar-refractivity contribution < 1.29 is 0 Å². The molecular weight excluding hydrogens is 232 g/mol. The van der Waals surface area contributed by atoms with Gasteiger partial charge in [-0.1, -0.05) is 26.8 Å². The zero-order valence-corrected chi connectivity index (χ0v) is 12.4. The summed E-state index contributed by atoms with van der Waals surface area (Å²) in [5.74, 6) is 0. The molecule has 2 nitrogen and oxygen atoms in total. The van der Waals surface area contributed by atoms with Crippen molar-refractivity contribution in [2.75, 3.05) is 6.54 Å². The Morgan fingerprint density at radius 3 is 2.47 bits per heavy atom. The van der Waals surface area contributed by atoms with Gasteiger partial charge in [-0.25, -0.2) is 0 Å². The number of nitrogens with two attached hydrogens (primary N) is 1. The summed E-state index contributed by atoms with van der Waals surface area (Å²) in [5.41, 5.74) is 11.9. The molecule has 2 heteroatoms. The zero-order valence-electron chi connectivity index (χ0n) is 12.4. The van der Waals surface area contributed by atoms with Gasteiger partial charge < -0.3 is 10.7 Å². The molecule has 0 saturated heterocycles. The molecule has 3 rings (SSSR count). The summed E-state index contributed by atoms with van der Waals surface area (Å²) in [7, 11) is 0. The molecule has 0 radical (unpaired) electrons. The van der Waals surface area contributed by atoms with Gasteiger partial charge in [-0.15, -0.1) is 0 Å². The van der Waals surface area contributed by atoms with E-state index in [1.807, 2.05) is 0 Å². The maximum Gasteiger partial charge on any atom is 0.0459 e. The van der Waals surface area contributed by atoms with E-state index in [1.165, 1.54) is 40.6 Å². The van der Waals surface area contributed by atoms with Crippen LogP contribution in [0.2, 0.25) is 0 Å². The first kappa shape index (κ1) is 12.7. The van der Waals surface area contributed by atoms with Crippen LogP contribution >= 0.6 is 0 Å². The lowest BCUT2D eigenvalue weighted by atomic mass is 9.85. The smallest absolute Gasteiger partial charge is 0.0459 e. The number of aryl methyl sites for hydroxylation is 1. The minimum atomic E-state index is 0.191.